The molecule has 1 aliphatic heterocycles. The lowest BCUT2D eigenvalue weighted by atomic mass is 10.3. The van der Waals surface area contributed by atoms with Crippen LogP contribution in [0.2, 0.25) is 0 Å². The van der Waals surface area contributed by atoms with Gasteiger partial charge in [0.05, 0.1) is 6.54 Å². The summed E-state index contributed by atoms with van der Waals surface area (Å²) in [6, 6.07) is -0.539. The molecule has 9 nitrogen and oxygen atoms in total. The number of aromatic nitrogens is 2. The van der Waals surface area contributed by atoms with E-state index >= 15 is 0 Å². The van der Waals surface area contributed by atoms with Crippen molar-refractivity contribution >= 4 is 32.5 Å². The van der Waals surface area contributed by atoms with E-state index in [1.165, 1.54) is 11.2 Å². The highest BCUT2D eigenvalue weighted by Crippen LogP contribution is 2.31. The lowest BCUT2D eigenvalue weighted by Gasteiger charge is -2.24. The summed E-state index contributed by atoms with van der Waals surface area (Å²) in [5.41, 5.74) is -1.47. The molecule has 0 aliphatic carbocycles. The predicted octanol–water partition coefficient (Wildman–Crippen LogP) is -0.193. The first-order valence-corrected chi connectivity index (χ1v) is 8.63. The van der Waals surface area contributed by atoms with E-state index in [-0.39, 0.29) is 16.0 Å². The van der Waals surface area contributed by atoms with Gasteiger partial charge in [-0.3, -0.25) is 0 Å². The molecule has 1 fully saturated rings. The minimum absolute atomic E-state index is 0.0313. The van der Waals surface area contributed by atoms with Crippen molar-refractivity contribution in [1.82, 2.24) is 19.8 Å². The van der Waals surface area contributed by atoms with Gasteiger partial charge in [-0.25, -0.2) is 18.1 Å². The van der Waals surface area contributed by atoms with Crippen LogP contribution in [0.3, 0.4) is 0 Å². The van der Waals surface area contributed by atoms with Crippen LogP contribution in [0.1, 0.15) is 20.8 Å². The fraction of sp³-hybridized carbons (Fsp3) is 0.700. The van der Waals surface area contributed by atoms with Gasteiger partial charge in [-0.1, -0.05) is 25.2 Å². The van der Waals surface area contributed by atoms with Crippen LogP contribution in [-0.4, -0.2) is 59.4 Å². The molecule has 1 aromatic rings. The molecule has 0 aromatic carbocycles. The van der Waals surface area contributed by atoms with E-state index < -0.39 is 21.8 Å². The van der Waals surface area contributed by atoms with Crippen molar-refractivity contribution in [1.29, 1.82) is 0 Å². The number of hydrogen-bond acceptors (Lipinski definition) is 7. The summed E-state index contributed by atoms with van der Waals surface area (Å²) in [4.78, 5) is 12.7. The molecule has 1 aliphatic rings. The SMILES string of the molecule is CCN(CC)S(=O)(=O)c1nnc(N2C(=O)NCC2(C)O)s1. The zero-order valence-electron chi connectivity index (χ0n) is 11.9. The third-order valence-corrected chi connectivity index (χ3v) is 6.42. The first kappa shape index (κ1) is 16.1. The first-order valence-electron chi connectivity index (χ1n) is 6.38. The average Bonchev–Trinajstić information content (AvgIpc) is 2.96. The van der Waals surface area contributed by atoms with Crippen LogP contribution >= 0.6 is 11.3 Å². The van der Waals surface area contributed by atoms with E-state index in [1.54, 1.807) is 13.8 Å². The van der Waals surface area contributed by atoms with Gasteiger partial charge < -0.3 is 10.4 Å². The van der Waals surface area contributed by atoms with Gasteiger partial charge in [0.2, 0.25) is 9.47 Å². The second-order valence-electron chi connectivity index (χ2n) is 4.65. The molecule has 0 radical (unpaired) electrons. The molecule has 1 aromatic heterocycles. The van der Waals surface area contributed by atoms with Gasteiger partial charge in [0, 0.05) is 13.1 Å². The smallest absolute Gasteiger partial charge is 0.326 e. The normalized spacial score (nSPS) is 22.9. The van der Waals surface area contributed by atoms with E-state index in [1.807, 2.05) is 0 Å². The third-order valence-electron chi connectivity index (χ3n) is 3.11. The maximum atomic E-state index is 12.3. The zero-order chi connectivity index (χ0) is 15.8. The van der Waals surface area contributed by atoms with Gasteiger partial charge in [0.25, 0.3) is 10.0 Å². The summed E-state index contributed by atoms with van der Waals surface area (Å²) in [5.74, 6) is 0. The summed E-state index contributed by atoms with van der Waals surface area (Å²) < 4.78 is 25.7. The molecule has 2 amide bonds. The van der Waals surface area contributed by atoms with Gasteiger partial charge in [-0.05, 0) is 6.92 Å². The Morgan fingerprint density at radius 2 is 2.05 bits per heavy atom. The summed E-state index contributed by atoms with van der Waals surface area (Å²) in [6.45, 7) is 5.54. The molecule has 0 saturated carbocycles. The highest BCUT2D eigenvalue weighted by Gasteiger charge is 2.43. The molecule has 0 bridgehead atoms. The maximum Gasteiger partial charge on any atom is 0.326 e. The molecule has 2 N–H and O–H groups in total. The number of urea groups is 1. The number of carbonyl (C=O) groups excluding carboxylic acids is 1. The minimum atomic E-state index is -3.73. The van der Waals surface area contributed by atoms with Crippen molar-refractivity contribution in [2.45, 2.75) is 30.8 Å². The van der Waals surface area contributed by atoms with E-state index in [0.29, 0.717) is 13.1 Å². The number of carbonyl (C=O) groups is 1. The van der Waals surface area contributed by atoms with Crippen LogP contribution in [0.15, 0.2) is 4.34 Å². The Bertz CT molecular complexity index is 638. The Morgan fingerprint density at radius 1 is 1.43 bits per heavy atom. The second kappa shape index (κ2) is 5.48. The summed E-state index contributed by atoms with van der Waals surface area (Å²) in [6.07, 6.45) is 0. The Morgan fingerprint density at radius 3 is 2.52 bits per heavy atom. The van der Waals surface area contributed by atoms with E-state index in [2.05, 4.69) is 15.5 Å². The van der Waals surface area contributed by atoms with Crippen LogP contribution in [0.25, 0.3) is 0 Å². The van der Waals surface area contributed by atoms with Crippen molar-refractivity contribution < 1.29 is 18.3 Å². The van der Waals surface area contributed by atoms with E-state index in [0.717, 1.165) is 16.2 Å². The number of aliphatic hydroxyl groups is 1. The fourth-order valence-corrected chi connectivity index (χ4v) is 4.68. The number of nitrogens with zero attached hydrogens (tertiary/aromatic N) is 4. The molecule has 1 saturated heterocycles. The molecule has 0 spiro atoms. The van der Waals surface area contributed by atoms with Crippen LogP contribution in [0.5, 0.6) is 0 Å². The monoisotopic (exact) mass is 335 g/mol. The molecule has 2 heterocycles. The Kier molecular flexibility index (Phi) is 4.19. The Balaban J connectivity index is 2.37. The molecule has 1 atom stereocenters. The number of sulfonamides is 1. The van der Waals surface area contributed by atoms with Crippen LogP contribution in [0.4, 0.5) is 9.93 Å². The zero-order valence-corrected chi connectivity index (χ0v) is 13.5. The van der Waals surface area contributed by atoms with E-state index in [4.69, 9.17) is 0 Å². The van der Waals surface area contributed by atoms with Crippen LogP contribution in [0, 0.1) is 0 Å². The number of amides is 2. The van der Waals surface area contributed by atoms with Gasteiger partial charge in [-0.2, -0.15) is 4.31 Å². The van der Waals surface area contributed by atoms with Crippen LogP contribution < -0.4 is 10.2 Å². The molecule has 118 valence electrons. The van der Waals surface area contributed by atoms with Gasteiger partial charge >= 0.3 is 6.03 Å². The number of anilines is 1. The number of rotatable bonds is 5. The maximum absolute atomic E-state index is 12.3. The van der Waals surface area contributed by atoms with Crippen molar-refractivity contribution in [3.63, 3.8) is 0 Å². The van der Waals surface area contributed by atoms with Crippen molar-refractivity contribution in [2.24, 2.45) is 0 Å². The number of nitrogens with one attached hydrogen (secondary N) is 1. The first-order chi connectivity index (χ1) is 9.74. The Hall–Kier alpha value is -1.30. The van der Waals surface area contributed by atoms with Crippen LogP contribution in [-0.2, 0) is 10.0 Å². The standard InChI is InChI=1S/C10H17N5O4S2/c1-4-14(5-2)21(18,19)9-13-12-8(20-9)15-7(16)11-6-10(15,3)17/h17H,4-6H2,1-3H3,(H,11,16). The molecular formula is C10H17N5O4S2. The fourth-order valence-electron chi connectivity index (χ4n) is 1.98. The number of β-amino-alcohol motifs (C(OH)–C–C–N with tert-alkyl or cyclic N) is 1. The summed E-state index contributed by atoms with van der Waals surface area (Å²) >= 11 is 0.755. The van der Waals surface area contributed by atoms with E-state index in [9.17, 15) is 18.3 Å². The second-order valence-corrected chi connectivity index (χ2v) is 7.72. The number of hydrogen-bond donors (Lipinski definition) is 2. The minimum Gasteiger partial charge on any atom is -0.369 e. The molecule has 2 rings (SSSR count). The molecule has 11 heteroatoms. The van der Waals surface area contributed by atoms with Crippen molar-refractivity contribution in [2.75, 3.05) is 24.5 Å². The highest BCUT2D eigenvalue weighted by atomic mass is 32.2. The summed E-state index contributed by atoms with van der Waals surface area (Å²) in [7, 11) is -3.73. The topological polar surface area (TPSA) is 116 Å². The average molecular weight is 335 g/mol. The third kappa shape index (κ3) is 2.73. The Labute approximate surface area is 126 Å². The predicted molar refractivity (Wildman–Crippen MR) is 76.5 cm³/mol. The lowest BCUT2D eigenvalue weighted by Crippen LogP contribution is -2.44. The van der Waals surface area contributed by atoms with Gasteiger partial charge in [0.15, 0.2) is 5.72 Å². The lowest BCUT2D eigenvalue weighted by molar-refractivity contribution is 0.0857. The van der Waals surface area contributed by atoms with Gasteiger partial charge in [-0.15, -0.1) is 10.2 Å². The van der Waals surface area contributed by atoms with Gasteiger partial charge in [0.1, 0.15) is 0 Å². The molecule has 21 heavy (non-hydrogen) atoms. The highest BCUT2D eigenvalue weighted by molar-refractivity contribution is 7.91. The largest absolute Gasteiger partial charge is 0.369 e. The molecular weight excluding hydrogens is 318 g/mol. The molecule has 1 unspecified atom stereocenters. The summed E-state index contributed by atoms with van der Waals surface area (Å²) in [5, 5.41) is 20.0. The quantitative estimate of drug-likeness (QED) is 0.720. The van der Waals surface area contributed by atoms with Crippen molar-refractivity contribution in [3.05, 3.63) is 0 Å². The van der Waals surface area contributed by atoms with Crippen molar-refractivity contribution in [3.8, 4) is 0 Å².